The van der Waals surface area contributed by atoms with Gasteiger partial charge in [-0.25, -0.2) is 4.79 Å². The van der Waals surface area contributed by atoms with Crippen LogP contribution in [0.3, 0.4) is 0 Å². The summed E-state index contributed by atoms with van der Waals surface area (Å²) in [4.78, 5) is 13.8. The fraction of sp³-hybridized carbons (Fsp3) is 0.462. The summed E-state index contributed by atoms with van der Waals surface area (Å²) in [6.07, 6.45) is 0. The van der Waals surface area contributed by atoms with E-state index in [9.17, 15) is 4.79 Å². The quantitative estimate of drug-likeness (QED) is 0.562. The van der Waals surface area contributed by atoms with Crippen LogP contribution in [-0.2, 0) is 15.4 Å². The molecule has 0 heterocycles. The summed E-state index contributed by atoms with van der Waals surface area (Å²) in [6, 6.07) is 5.64. The standard InChI is InChI=1S/C13H17Br2NO2/c1-16(2)5-6-18-13(17)10-3-4-11(8-14)12(7-10)9-15/h3-4,7H,5-6,8-9H2,1-2H3. The number of carbonyl (C=O) groups excluding carboxylic acids is 1. The van der Waals surface area contributed by atoms with E-state index in [4.69, 9.17) is 4.74 Å². The zero-order valence-electron chi connectivity index (χ0n) is 10.6. The molecular weight excluding hydrogens is 362 g/mol. The van der Waals surface area contributed by atoms with Crippen LogP contribution < -0.4 is 0 Å². The SMILES string of the molecule is CN(C)CCOC(=O)c1ccc(CBr)c(CBr)c1. The molecule has 18 heavy (non-hydrogen) atoms. The van der Waals surface area contributed by atoms with E-state index in [0.717, 1.165) is 22.8 Å². The molecule has 0 fully saturated rings. The molecule has 3 nitrogen and oxygen atoms in total. The number of rotatable bonds is 6. The predicted molar refractivity (Wildman–Crippen MR) is 80.5 cm³/mol. The Morgan fingerprint density at radius 2 is 1.89 bits per heavy atom. The number of ether oxygens (including phenoxy) is 1. The van der Waals surface area contributed by atoms with Crippen molar-refractivity contribution in [2.75, 3.05) is 27.2 Å². The Hall–Kier alpha value is -0.390. The van der Waals surface area contributed by atoms with Crippen LogP contribution in [0, 0.1) is 0 Å². The highest BCUT2D eigenvalue weighted by molar-refractivity contribution is 9.09. The highest BCUT2D eigenvalue weighted by Gasteiger charge is 2.10. The number of halogens is 2. The normalized spacial score (nSPS) is 10.7. The number of hydrogen-bond donors (Lipinski definition) is 0. The number of benzene rings is 1. The molecule has 1 aromatic carbocycles. The Labute approximate surface area is 125 Å². The molecule has 5 heteroatoms. The topological polar surface area (TPSA) is 29.5 Å². The third-order valence-corrected chi connectivity index (χ3v) is 3.71. The van der Waals surface area contributed by atoms with Crippen LogP contribution in [0.25, 0.3) is 0 Å². The van der Waals surface area contributed by atoms with Crippen molar-refractivity contribution in [2.24, 2.45) is 0 Å². The highest BCUT2D eigenvalue weighted by atomic mass is 79.9. The number of nitrogens with zero attached hydrogens (tertiary/aromatic N) is 1. The highest BCUT2D eigenvalue weighted by Crippen LogP contribution is 2.18. The van der Waals surface area contributed by atoms with Gasteiger partial charge in [-0.15, -0.1) is 0 Å². The lowest BCUT2D eigenvalue weighted by molar-refractivity contribution is 0.0482. The van der Waals surface area contributed by atoms with Crippen molar-refractivity contribution in [3.8, 4) is 0 Å². The molecule has 0 N–H and O–H groups in total. The number of esters is 1. The van der Waals surface area contributed by atoms with Gasteiger partial charge in [-0.05, 0) is 37.4 Å². The van der Waals surface area contributed by atoms with Crippen molar-refractivity contribution in [1.29, 1.82) is 0 Å². The molecule has 100 valence electrons. The van der Waals surface area contributed by atoms with Gasteiger partial charge in [-0.3, -0.25) is 0 Å². The molecule has 0 saturated heterocycles. The van der Waals surface area contributed by atoms with Gasteiger partial charge in [-0.2, -0.15) is 0 Å². The van der Waals surface area contributed by atoms with E-state index in [1.807, 2.05) is 31.1 Å². The van der Waals surface area contributed by atoms with E-state index in [-0.39, 0.29) is 5.97 Å². The predicted octanol–water partition coefficient (Wildman–Crippen LogP) is 3.19. The van der Waals surface area contributed by atoms with Gasteiger partial charge >= 0.3 is 5.97 Å². The lowest BCUT2D eigenvalue weighted by atomic mass is 10.1. The van der Waals surface area contributed by atoms with Gasteiger partial charge < -0.3 is 9.64 Å². The monoisotopic (exact) mass is 377 g/mol. The summed E-state index contributed by atoms with van der Waals surface area (Å²) in [6.45, 7) is 1.15. The minimum Gasteiger partial charge on any atom is -0.461 e. The second-order valence-electron chi connectivity index (χ2n) is 4.19. The van der Waals surface area contributed by atoms with Crippen LogP contribution in [0.1, 0.15) is 21.5 Å². The van der Waals surface area contributed by atoms with E-state index in [2.05, 4.69) is 31.9 Å². The van der Waals surface area contributed by atoms with Crippen molar-refractivity contribution < 1.29 is 9.53 Å². The van der Waals surface area contributed by atoms with Gasteiger partial charge in [-0.1, -0.05) is 37.9 Å². The van der Waals surface area contributed by atoms with Crippen LogP contribution in [-0.4, -0.2) is 38.1 Å². The molecule has 1 aromatic rings. The number of hydrogen-bond acceptors (Lipinski definition) is 3. The van der Waals surface area contributed by atoms with Gasteiger partial charge in [0.25, 0.3) is 0 Å². The number of likely N-dealkylation sites (N-methyl/N-ethyl adjacent to an activating group) is 1. The van der Waals surface area contributed by atoms with E-state index in [1.54, 1.807) is 6.07 Å². The van der Waals surface area contributed by atoms with Gasteiger partial charge in [0.1, 0.15) is 6.61 Å². The van der Waals surface area contributed by atoms with E-state index in [1.165, 1.54) is 5.56 Å². The fourth-order valence-electron chi connectivity index (χ4n) is 1.41. The Morgan fingerprint density at radius 1 is 1.22 bits per heavy atom. The van der Waals surface area contributed by atoms with Crippen molar-refractivity contribution in [3.63, 3.8) is 0 Å². The Kier molecular flexibility index (Phi) is 6.89. The van der Waals surface area contributed by atoms with Gasteiger partial charge in [0.15, 0.2) is 0 Å². The molecule has 0 amide bonds. The maximum Gasteiger partial charge on any atom is 0.338 e. The maximum absolute atomic E-state index is 11.8. The summed E-state index contributed by atoms with van der Waals surface area (Å²) in [5.74, 6) is -0.264. The van der Waals surface area contributed by atoms with Crippen molar-refractivity contribution in [3.05, 3.63) is 34.9 Å². The van der Waals surface area contributed by atoms with Gasteiger partial charge in [0.05, 0.1) is 5.56 Å². The second-order valence-corrected chi connectivity index (χ2v) is 5.31. The Balaban J connectivity index is 2.68. The summed E-state index contributed by atoms with van der Waals surface area (Å²) < 4.78 is 5.20. The van der Waals surface area contributed by atoms with E-state index >= 15 is 0 Å². The summed E-state index contributed by atoms with van der Waals surface area (Å²) in [5.41, 5.74) is 2.89. The third kappa shape index (κ3) is 4.71. The average Bonchev–Trinajstić information content (AvgIpc) is 2.37. The summed E-state index contributed by atoms with van der Waals surface area (Å²) in [5, 5.41) is 1.51. The van der Waals surface area contributed by atoms with Crippen LogP contribution in [0.15, 0.2) is 18.2 Å². The molecule has 0 atom stereocenters. The molecular formula is C13H17Br2NO2. The molecule has 0 spiro atoms. The van der Waals surface area contributed by atoms with Crippen LogP contribution in [0.2, 0.25) is 0 Å². The smallest absolute Gasteiger partial charge is 0.338 e. The summed E-state index contributed by atoms with van der Waals surface area (Å²) in [7, 11) is 3.89. The molecule has 0 aliphatic carbocycles. The first-order chi connectivity index (χ1) is 8.58. The Bertz CT molecular complexity index is 408. The first-order valence-electron chi connectivity index (χ1n) is 5.64. The molecule has 0 unspecified atom stereocenters. The first-order valence-corrected chi connectivity index (χ1v) is 7.88. The zero-order chi connectivity index (χ0) is 13.5. The minimum atomic E-state index is -0.264. The summed E-state index contributed by atoms with van der Waals surface area (Å²) >= 11 is 6.85. The van der Waals surface area contributed by atoms with Crippen LogP contribution >= 0.6 is 31.9 Å². The van der Waals surface area contributed by atoms with Gasteiger partial charge in [0, 0.05) is 17.2 Å². The largest absolute Gasteiger partial charge is 0.461 e. The second kappa shape index (κ2) is 7.92. The molecule has 0 aliphatic rings. The van der Waals surface area contributed by atoms with Crippen molar-refractivity contribution in [1.82, 2.24) is 4.90 Å². The average molecular weight is 379 g/mol. The first kappa shape index (κ1) is 15.7. The molecule has 0 bridgehead atoms. The van der Waals surface area contributed by atoms with E-state index < -0.39 is 0 Å². The Morgan fingerprint density at radius 3 is 2.44 bits per heavy atom. The molecule has 1 rings (SSSR count). The zero-order valence-corrected chi connectivity index (χ0v) is 13.8. The van der Waals surface area contributed by atoms with Crippen molar-refractivity contribution in [2.45, 2.75) is 10.7 Å². The number of alkyl halides is 2. The van der Waals surface area contributed by atoms with Crippen LogP contribution in [0.4, 0.5) is 0 Å². The number of carbonyl (C=O) groups is 1. The lowest BCUT2D eigenvalue weighted by Crippen LogP contribution is -2.20. The van der Waals surface area contributed by atoms with E-state index in [0.29, 0.717) is 12.2 Å². The molecule has 0 radical (unpaired) electrons. The van der Waals surface area contributed by atoms with Crippen molar-refractivity contribution >= 4 is 37.8 Å². The third-order valence-electron chi connectivity index (χ3n) is 2.50. The molecule has 0 aliphatic heterocycles. The lowest BCUT2D eigenvalue weighted by Gasteiger charge is -2.11. The molecule has 0 aromatic heterocycles. The molecule has 0 saturated carbocycles. The van der Waals surface area contributed by atoms with Gasteiger partial charge in [0.2, 0.25) is 0 Å². The fourth-order valence-corrected chi connectivity index (χ4v) is 2.48. The minimum absolute atomic E-state index is 0.264. The van der Waals surface area contributed by atoms with Crippen LogP contribution in [0.5, 0.6) is 0 Å². The maximum atomic E-state index is 11.8.